The molecule has 4 nitrogen and oxygen atoms in total. The van der Waals surface area contributed by atoms with Gasteiger partial charge in [0.05, 0.1) is 17.1 Å². The zero-order valence-electron chi connectivity index (χ0n) is 13.4. The van der Waals surface area contributed by atoms with E-state index in [0.717, 1.165) is 22.5 Å². The van der Waals surface area contributed by atoms with Gasteiger partial charge in [-0.1, -0.05) is 48.2 Å². The average Bonchev–Trinajstić information content (AvgIpc) is 3.12. The Balaban J connectivity index is 1.55. The van der Waals surface area contributed by atoms with E-state index in [0.29, 0.717) is 0 Å². The maximum atomic E-state index is 4.55. The molecule has 0 saturated heterocycles. The zero-order chi connectivity index (χ0) is 16.6. The summed E-state index contributed by atoms with van der Waals surface area (Å²) in [7, 11) is 0. The minimum absolute atomic E-state index is 0.0875. The Morgan fingerprint density at radius 2 is 1.68 bits per heavy atom. The molecule has 122 valence electrons. The van der Waals surface area contributed by atoms with Crippen LogP contribution in [0.2, 0.25) is 0 Å². The number of para-hydroxylation sites is 2. The summed E-state index contributed by atoms with van der Waals surface area (Å²) in [5.41, 5.74) is 9.12. The van der Waals surface area contributed by atoms with Crippen LogP contribution in [0, 0.1) is 0 Å². The van der Waals surface area contributed by atoms with Gasteiger partial charge < -0.3 is 5.32 Å². The summed E-state index contributed by atoms with van der Waals surface area (Å²) >= 11 is 1.80. The van der Waals surface area contributed by atoms with Crippen molar-refractivity contribution < 1.29 is 0 Å². The molecule has 0 amide bonds. The maximum Gasteiger partial charge on any atom is 0.170 e. The second-order valence-electron chi connectivity index (χ2n) is 5.93. The van der Waals surface area contributed by atoms with Crippen molar-refractivity contribution in [3.05, 3.63) is 90.4 Å². The monoisotopic (exact) mass is 344 g/mol. The van der Waals surface area contributed by atoms with Gasteiger partial charge in [0.25, 0.3) is 0 Å². The lowest BCUT2D eigenvalue weighted by Gasteiger charge is -2.34. The number of anilines is 2. The minimum atomic E-state index is 0.0875. The van der Waals surface area contributed by atoms with E-state index in [-0.39, 0.29) is 5.50 Å². The van der Waals surface area contributed by atoms with Gasteiger partial charge in [0.1, 0.15) is 0 Å². The topological polar surface area (TPSA) is 40.2 Å². The Kier molecular flexibility index (Phi) is 3.38. The number of pyridine rings is 1. The van der Waals surface area contributed by atoms with Crippen LogP contribution in [0.3, 0.4) is 0 Å². The molecule has 25 heavy (non-hydrogen) atoms. The van der Waals surface area contributed by atoms with Crippen LogP contribution in [0.15, 0.2) is 84.0 Å². The third kappa shape index (κ3) is 2.53. The van der Waals surface area contributed by atoms with Gasteiger partial charge >= 0.3 is 0 Å². The normalized spacial score (nSPS) is 17.8. The van der Waals surface area contributed by atoms with E-state index in [1.165, 1.54) is 10.6 Å². The molecule has 3 heterocycles. The summed E-state index contributed by atoms with van der Waals surface area (Å²) in [5.74, 6) is 0. The summed E-state index contributed by atoms with van der Waals surface area (Å²) in [4.78, 5) is 5.82. The molecule has 2 aromatic carbocycles. The van der Waals surface area contributed by atoms with Crippen LogP contribution in [0.4, 0.5) is 11.4 Å². The van der Waals surface area contributed by atoms with Gasteiger partial charge in [-0.3, -0.25) is 15.4 Å². The summed E-state index contributed by atoms with van der Waals surface area (Å²) in [6.45, 7) is 0. The van der Waals surface area contributed by atoms with Crippen LogP contribution in [-0.2, 0) is 0 Å². The highest BCUT2D eigenvalue weighted by Crippen LogP contribution is 2.42. The highest BCUT2D eigenvalue weighted by Gasteiger charge is 2.29. The number of nitrogens with zero attached hydrogens (tertiary/aromatic N) is 2. The number of nitrogens with one attached hydrogen (secondary N) is 2. The van der Waals surface area contributed by atoms with Crippen molar-refractivity contribution in [2.75, 3.05) is 10.7 Å². The lowest BCUT2D eigenvalue weighted by atomic mass is 10.00. The molecule has 5 heteroatoms. The smallest absolute Gasteiger partial charge is 0.170 e. The van der Waals surface area contributed by atoms with Crippen molar-refractivity contribution in [1.82, 2.24) is 9.99 Å². The number of aromatic nitrogens is 1. The highest BCUT2D eigenvalue weighted by atomic mass is 32.2. The van der Waals surface area contributed by atoms with Gasteiger partial charge in [-0.05, 0) is 30.3 Å². The molecule has 3 aromatic rings. The van der Waals surface area contributed by atoms with E-state index in [4.69, 9.17) is 0 Å². The first-order valence-electron chi connectivity index (χ1n) is 8.18. The van der Waals surface area contributed by atoms with E-state index in [9.17, 15) is 0 Å². The Morgan fingerprint density at radius 1 is 0.880 bits per heavy atom. The van der Waals surface area contributed by atoms with Gasteiger partial charge in [0.2, 0.25) is 0 Å². The molecule has 1 unspecified atom stereocenters. The summed E-state index contributed by atoms with van der Waals surface area (Å²) in [6, 6.07) is 22.8. The lowest BCUT2D eigenvalue weighted by molar-refractivity contribution is 0.450. The van der Waals surface area contributed by atoms with Gasteiger partial charge in [-0.25, -0.2) is 0 Å². The number of hydrogen-bond donors (Lipinski definition) is 2. The third-order valence-corrected chi connectivity index (χ3v) is 5.51. The van der Waals surface area contributed by atoms with Crippen molar-refractivity contribution in [3.63, 3.8) is 0 Å². The largest absolute Gasteiger partial charge is 0.354 e. The molecule has 5 rings (SSSR count). The SMILES string of the molecule is C1=C(c2ccccn2)c2ccccc2NN1C1Nc2ccccc2S1. The molecule has 2 N–H and O–H groups in total. The van der Waals surface area contributed by atoms with Crippen molar-refractivity contribution in [2.45, 2.75) is 10.4 Å². The van der Waals surface area contributed by atoms with Crippen molar-refractivity contribution in [1.29, 1.82) is 0 Å². The van der Waals surface area contributed by atoms with E-state index in [1.54, 1.807) is 11.8 Å². The van der Waals surface area contributed by atoms with Gasteiger partial charge in [0, 0.05) is 28.4 Å². The molecular weight excluding hydrogens is 328 g/mol. The van der Waals surface area contributed by atoms with Crippen LogP contribution in [0.1, 0.15) is 11.3 Å². The molecular formula is C20H16N4S. The van der Waals surface area contributed by atoms with Gasteiger partial charge in [0.15, 0.2) is 5.50 Å². The van der Waals surface area contributed by atoms with E-state index >= 15 is 0 Å². The molecule has 0 fully saturated rings. The number of hydrogen-bond acceptors (Lipinski definition) is 5. The zero-order valence-corrected chi connectivity index (χ0v) is 14.2. The number of hydrazine groups is 1. The Hall–Kier alpha value is -2.92. The van der Waals surface area contributed by atoms with E-state index < -0.39 is 0 Å². The standard InChI is InChI=1S/C20H16N4S/c1-2-9-17-14(7-1)15(16-8-5-6-12-21-16)13-24(23-17)20-22-18-10-3-4-11-19(18)25-20/h1-13,20,22-23H. The maximum absolute atomic E-state index is 4.55. The van der Waals surface area contributed by atoms with Crippen molar-refractivity contribution in [2.24, 2.45) is 0 Å². The summed E-state index contributed by atoms with van der Waals surface area (Å²) in [5, 5.41) is 5.69. The molecule has 0 saturated carbocycles. The highest BCUT2D eigenvalue weighted by molar-refractivity contribution is 8.00. The summed E-state index contributed by atoms with van der Waals surface area (Å²) in [6.07, 6.45) is 3.98. The van der Waals surface area contributed by atoms with Gasteiger partial charge in [-0.15, -0.1) is 0 Å². The quantitative estimate of drug-likeness (QED) is 0.710. The fraction of sp³-hybridized carbons (Fsp3) is 0.0500. The van der Waals surface area contributed by atoms with Crippen LogP contribution < -0.4 is 10.7 Å². The van der Waals surface area contributed by atoms with Crippen LogP contribution in [0.25, 0.3) is 5.57 Å². The molecule has 0 radical (unpaired) electrons. The van der Waals surface area contributed by atoms with Crippen molar-refractivity contribution >= 4 is 28.7 Å². The molecule has 0 bridgehead atoms. The molecule has 0 aliphatic carbocycles. The summed E-state index contributed by atoms with van der Waals surface area (Å²) < 4.78 is 0. The fourth-order valence-corrected chi connectivity index (χ4v) is 4.21. The molecule has 1 aromatic heterocycles. The van der Waals surface area contributed by atoms with E-state index in [1.807, 2.05) is 18.3 Å². The van der Waals surface area contributed by atoms with Crippen LogP contribution in [0.5, 0.6) is 0 Å². The predicted octanol–water partition coefficient (Wildman–Crippen LogP) is 4.61. The first-order chi connectivity index (χ1) is 12.4. The third-order valence-electron chi connectivity index (χ3n) is 4.33. The Morgan fingerprint density at radius 3 is 2.52 bits per heavy atom. The Labute approximate surface area is 150 Å². The predicted molar refractivity (Wildman–Crippen MR) is 103 cm³/mol. The first-order valence-corrected chi connectivity index (χ1v) is 9.06. The molecule has 1 atom stereocenters. The average molecular weight is 344 g/mol. The number of fused-ring (bicyclic) bond motifs is 2. The van der Waals surface area contributed by atoms with Gasteiger partial charge in [-0.2, -0.15) is 0 Å². The first kappa shape index (κ1) is 14.4. The van der Waals surface area contributed by atoms with Crippen molar-refractivity contribution in [3.8, 4) is 0 Å². The molecule has 2 aliphatic heterocycles. The Bertz CT molecular complexity index is 930. The number of thioether (sulfide) groups is 1. The van der Waals surface area contributed by atoms with Crippen LogP contribution >= 0.6 is 11.8 Å². The number of rotatable bonds is 2. The molecule has 0 spiro atoms. The number of benzene rings is 2. The second kappa shape index (κ2) is 5.86. The minimum Gasteiger partial charge on any atom is -0.354 e. The van der Waals surface area contributed by atoms with E-state index in [2.05, 4.69) is 81.5 Å². The van der Waals surface area contributed by atoms with Crippen LogP contribution in [-0.4, -0.2) is 15.5 Å². The fourth-order valence-electron chi connectivity index (χ4n) is 3.15. The molecule has 2 aliphatic rings. The lowest BCUT2D eigenvalue weighted by Crippen LogP contribution is -2.38. The second-order valence-corrected chi connectivity index (χ2v) is 7.06.